The maximum Gasteiger partial charge on any atom is 0.410 e. The van der Waals surface area contributed by atoms with Gasteiger partial charge in [-0.2, -0.15) is 0 Å². The molecule has 4 saturated heterocycles. The van der Waals surface area contributed by atoms with Crippen LogP contribution >= 0.6 is 0 Å². The van der Waals surface area contributed by atoms with E-state index < -0.39 is 71.8 Å². The summed E-state index contributed by atoms with van der Waals surface area (Å²) in [5, 5.41) is 16.5. The predicted molar refractivity (Wildman–Crippen MR) is 235 cm³/mol. The van der Waals surface area contributed by atoms with Crippen LogP contribution in [-0.2, 0) is 44.7 Å². The number of carbonyl (C=O) groups excluding carboxylic acids is 2. The maximum absolute atomic E-state index is 14.6. The molecule has 0 radical (unpaired) electrons. The maximum atomic E-state index is 14.6. The van der Waals surface area contributed by atoms with Gasteiger partial charge >= 0.3 is 12.1 Å². The zero-order valence-electron chi connectivity index (χ0n) is 38.2. The molecular formula is C48H68N4O10. The van der Waals surface area contributed by atoms with Gasteiger partial charge in [0, 0.05) is 30.1 Å². The first kappa shape index (κ1) is 46.1. The third-order valence-electron chi connectivity index (χ3n) is 14.1. The molecule has 340 valence electrons. The minimum absolute atomic E-state index is 0.000907. The average Bonchev–Trinajstić information content (AvgIpc) is 3.39. The predicted octanol–water partition coefficient (Wildman–Crippen LogP) is 6.52. The molecule has 14 heteroatoms. The van der Waals surface area contributed by atoms with E-state index >= 15 is 0 Å². The lowest BCUT2D eigenvalue weighted by atomic mass is 9.72. The average molecular weight is 861 g/mol. The van der Waals surface area contributed by atoms with Crippen LogP contribution in [0.15, 0.2) is 64.7 Å². The molecule has 14 atom stereocenters. The monoisotopic (exact) mass is 860 g/mol. The Morgan fingerprint density at radius 3 is 2.44 bits per heavy atom. The molecule has 0 unspecified atom stereocenters. The van der Waals surface area contributed by atoms with Gasteiger partial charge in [0.15, 0.2) is 11.9 Å². The van der Waals surface area contributed by atoms with Crippen LogP contribution in [-0.4, -0.2) is 139 Å². The van der Waals surface area contributed by atoms with Crippen LogP contribution in [0.4, 0.5) is 4.79 Å². The van der Waals surface area contributed by atoms with Crippen molar-refractivity contribution in [1.29, 1.82) is 0 Å². The highest BCUT2D eigenvalue weighted by Crippen LogP contribution is 2.45. The van der Waals surface area contributed by atoms with E-state index in [1.807, 2.05) is 90.0 Å². The van der Waals surface area contributed by atoms with Crippen LogP contribution in [0.1, 0.15) is 80.2 Å². The Balaban J connectivity index is 1.30. The quantitative estimate of drug-likeness (QED) is 0.229. The largest absolute Gasteiger partial charge is 0.458 e. The van der Waals surface area contributed by atoms with E-state index in [-0.39, 0.29) is 43.8 Å². The molecule has 0 aliphatic carbocycles. The first-order valence-corrected chi connectivity index (χ1v) is 22.5. The van der Waals surface area contributed by atoms with Crippen molar-refractivity contribution in [3.8, 4) is 11.1 Å². The van der Waals surface area contributed by atoms with Crippen molar-refractivity contribution in [2.45, 2.75) is 141 Å². The number of aliphatic hydroxyl groups excluding tert-OH is 1. The molecule has 5 aliphatic heterocycles. The van der Waals surface area contributed by atoms with Gasteiger partial charge in [0.25, 0.3) is 0 Å². The molecule has 0 spiro atoms. The summed E-state index contributed by atoms with van der Waals surface area (Å²) in [4.78, 5) is 43.2. The molecule has 4 fully saturated rings. The molecule has 2 aromatic rings. The number of benzene rings is 2. The summed E-state index contributed by atoms with van der Waals surface area (Å²) in [7, 11) is 3.89. The van der Waals surface area contributed by atoms with E-state index in [1.54, 1.807) is 11.8 Å². The lowest BCUT2D eigenvalue weighted by molar-refractivity contribution is -0.302. The van der Waals surface area contributed by atoms with Crippen LogP contribution in [0.25, 0.3) is 11.1 Å². The van der Waals surface area contributed by atoms with Gasteiger partial charge in [-0.05, 0) is 83.7 Å². The molecule has 62 heavy (non-hydrogen) atoms. The number of aliphatic hydroxyl groups is 1. The zero-order chi connectivity index (χ0) is 44.5. The highest BCUT2D eigenvalue weighted by Gasteiger charge is 2.60. The third-order valence-corrected chi connectivity index (χ3v) is 14.1. The van der Waals surface area contributed by atoms with Gasteiger partial charge in [-0.1, -0.05) is 87.4 Å². The van der Waals surface area contributed by atoms with Crippen molar-refractivity contribution in [1.82, 2.24) is 9.80 Å². The fourth-order valence-corrected chi connectivity index (χ4v) is 11.0. The molecule has 2 aromatic carbocycles. The van der Waals surface area contributed by atoms with Gasteiger partial charge in [-0.15, -0.1) is 0 Å². The first-order chi connectivity index (χ1) is 29.6. The Kier molecular flexibility index (Phi) is 14.2. The lowest BCUT2D eigenvalue weighted by Gasteiger charge is -2.48. The minimum atomic E-state index is -1.14. The van der Waals surface area contributed by atoms with Crippen LogP contribution in [0.2, 0.25) is 0 Å². The first-order valence-electron chi connectivity index (χ1n) is 22.5. The molecule has 1 amide bonds. The van der Waals surface area contributed by atoms with Gasteiger partial charge < -0.3 is 43.3 Å². The fourth-order valence-electron chi connectivity index (χ4n) is 11.0. The van der Waals surface area contributed by atoms with Gasteiger partial charge in [-0.25, -0.2) is 4.79 Å². The van der Waals surface area contributed by atoms with Crippen molar-refractivity contribution in [2.75, 3.05) is 40.4 Å². The standard InChI is InChI=1S/C48H68N4O10/c1-11-38-48(8)42-30(4)39(49-21-22-52(42)46(55)62-48)28(2)24-47(7)43(61-45-40(53)37(51(9)10)23-29(3)59-45)31(5)41(32(6)44(54)60-38)56-26-35(27-57-47)50-58-25-34-19-15-16-20-36(34)33-17-13-12-14-18-33/h12-20,28-32,37-38,40-43,45,53H,11,21-27H2,1-10H3/b50-35+/t28-,29+,30+,31+,32-,37-,38-,40+,41+,42-,43-,45-,47-,48-/m1/s1. The van der Waals surface area contributed by atoms with Crippen molar-refractivity contribution < 1.29 is 48.0 Å². The number of fused-ring (bicyclic) bond motifs is 4. The van der Waals surface area contributed by atoms with Gasteiger partial charge in [0.05, 0.1) is 55.6 Å². The second-order valence-corrected chi connectivity index (χ2v) is 18.8. The number of hydrogen-bond acceptors (Lipinski definition) is 13. The van der Waals surface area contributed by atoms with Gasteiger partial charge in [-0.3, -0.25) is 14.7 Å². The number of ether oxygens (including phenoxy) is 6. The number of likely N-dealkylation sites (N-methyl/N-ethyl adjacent to an activating group) is 1. The SMILES string of the molecule is CC[C@H]1OC(=O)[C@H](C)[C@H]2OC/C(=N\OCc3ccccc3-c3ccccc3)CO[C@](C)(C[C@@H](C)C3=NCCN4C(=O)O[C@@]1(C)[C@H]4[C@H]3C)[C@H](O[C@H]1O[C@@H](C)C[C@@H](N(C)C)[C@@H]1O)[C@H]2C. The highest BCUT2D eigenvalue weighted by molar-refractivity contribution is 5.91. The zero-order valence-corrected chi connectivity index (χ0v) is 38.2. The number of carbonyl (C=O) groups is 2. The Morgan fingerprint density at radius 2 is 1.71 bits per heavy atom. The summed E-state index contributed by atoms with van der Waals surface area (Å²) < 4.78 is 40.1. The molecule has 1 N–H and O–H groups in total. The van der Waals surface area contributed by atoms with Gasteiger partial charge in [0.1, 0.15) is 24.5 Å². The van der Waals surface area contributed by atoms with Crippen molar-refractivity contribution in [2.24, 2.45) is 33.8 Å². The Bertz CT molecular complexity index is 1950. The number of amides is 1. The van der Waals surface area contributed by atoms with E-state index in [2.05, 4.69) is 37.2 Å². The number of aliphatic imine (C=N–C) groups is 1. The molecule has 5 aliphatic rings. The molecular weight excluding hydrogens is 793 g/mol. The third kappa shape index (κ3) is 9.19. The minimum Gasteiger partial charge on any atom is -0.458 e. The smallest absolute Gasteiger partial charge is 0.410 e. The number of nitrogens with zero attached hydrogens (tertiary/aromatic N) is 4. The van der Waals surface area contributed by atoms with Gasteiger partial charge in [0.2, 0.25) is 0 Å². The molecule has 0 aromatic heterocycles. The van der Waals surface area contributed by atoms with Crippen molar-refractivity contribution in [3.63, 3.8) is 0 Å². The van der Waals surface area contributed by atoms with Crippen LogP contribution < -0.4 is 0 Å². The Hall–Kier alpha value is -3.92. The molecule has 7 rings (SSSR count). The molecule has 4 bridgehead atoms. The number of rotatable bonds is 8. The van der Waals surface area contributed by atoms with E-state index in [9.17, 15) is 14.7 Å². The summed E-state index contributed by atoms with van der Waals surface area (Å²) in [6.07, 6.45) is -3.44. The Labute approximate surface area is 367 Å². The van der Waals surface area contributed by atoms with Crippen molar-refractivity contribution in [3.05, 3.63) is 60.2 Å². The highest BCUT2D eigenvalue weighted by atomic mass is 16.7. The molecule has 14 nitrogen and oxygen atoms in total. The number of esters is 1. The van der Waals surface area contributed by atoms with E-state index in [1.165, 1.54) is 0 Å². The second kappa shape index (κ2) is 19.0. The second-order valence-electron chi connectivity index (χ2n) is 18.8. The van der Waals surface area contributed by atoms with E-state index in [0.29, 0.717) is 38.1 Å². The summed E-state index contributed by atoms with van der Waals surface area (Å²) >= 11 is 0. The van der Waals surface area contributed by atoms with Crippen LogP contribution in [0, 0.1) is 23.7 Å². The topological polar surface area (TPSA) is 150 Å². The lowest BCUT2D eigenvalue weighted by Crippen LogP contribution is -2.60. The number of oxime groups is 1. The molecule has 0 saturated carbocycles. The summed E-state index contributed by atoms with van der Waals surface area (Å²) in [6.45, 7) is 16.9. The fraction of sp³-hybridized carbons (Fsp3) is 0.667. The summed E-state index contributed by atoms with van der Waals surface area (Å²) in [5.41, 5.74) is 2.27. The Morgan fingerprint density at radius 1 is 0.984 bits per heavy atom. The number of cyclic esters (lactones) is 1. The van der Waals surface area contributed by atoms with E-state index in [4.69, 9.17) is 38.3 Å². The molecule has 5 heterocycles. The number of hydrogen-bond donors (Lipinski definition) is 1. The van der Waals surface area contributed by atoms with Crippen LogP contribution in [0.3, 0.4) is 0 Å². The normalized spacial score (nSPS) is 38.9. The van der Waals surface area contributed by atoms with Crippen LogP contribution in [0.5, 0.6) is 0 Å². The summed E-state index contributed by atoms with van der Waals surface area (Å²) in [6, 6.07) is 17.6. The van der Waals surface area contributed by atoms with Crippen molar-refractivity contribution >= 4 is 23.5 Å². The van der Waals surface area contributed by atoms with E-state index in [0.717, 1.165) is 22.4 Å². The summed E-state index contributed by atoms with van der Waals surface area (Å²) in [5.74, 6) is -2.25.